The van der Waals surface area contributed by atoms with Crippen molar-refractivity contribution in [3.05, 3.63) is 92.9 Å². The molecule has 0 spiro atoms. The molecule has 0 heterocycles. The van der Waals surface area contributed by atoms with Crippen LogP contribution in [0.3, 0.4) is 0 Å². The predicted molar refractivity (Wildman–Crippen MR) is 110 cm³/mol. The molecule has 26 heavy (non-hydrogen) atoms. The van der Waals surface area contributed by atoms with Gasteiger partial charge in [-0.1, -0.05) is 53.0 Å². The van der Waals surface area contributed by atoms with Gasteiger partial charge in [0.25, 0.3) is 0 Å². The summed E-state index contributed by atoms with van der Waals surface area (Å²) in [5, 5.41) is 5.59. The summed E-state index contributed by atoms with van der Waals surface area (Å²) in [5.41, 5.74) is 5.51. The molecule has 3 aromatic rings. The van der Waals surface area contributed by atoms with Crippen molar-refractivity contribution in [2.75, 3.05) is 5.43 Å². The van der Waals surface area contributed by atoms with Gasteiger partial charge in [0.2, 0.25) is 0 Å². The third-order valence-electron chi connectivity index (χ3n) is 3.58. The molecule has 0 fully saturated rings. The Morgan fingerprint density at radius 3 is 2.27 bits per heavy atom. The minimum absolute atomic E-state index is 0.237. The zero-order valence-electron chi connectivity index (χ0n) is 13.6. The van der Waals surface area contributed by atoms with Crippen LogP contribution in [0.15, 0.2) is 71.8 Å². The number of halogens is 3. The van der Waals surface area contributed by atoms with Gasteiger partial charge in [-0.2, -0.15) is 5.10 Å². The third-order valence-corrected chi connectivity index (χ3v) is 4.78. The first kappa shape index (κ1) is 18.6. The normalized spacial score (nSPS) is 10.9. The molecule has 0 saturated carbocycles. The van der Waals surface area contributed by atoms with Crippen LogP contribution in [0.5, 0.6) is 5.75 Å². The average molecular weight is 406 g/mol. The molecule has 0 aliphatic rings. The first-order valence-electron chi connectivity index (χ1n) is 7.83. The maximum atomic E-state index is 6.18. The molecule has 0 radical (unpaired) electrons. The van der Waals surface area contributed by atoms with Crippen molar-refractivity contribution in [2.45, 2.75) is 6.61 Å². The Balaban J connectivity index is 1.59. The van der Waals surface area contributed by atoms with Gasteiger partial charge in [-0.15, -0.1) is 0 Å². The minimum Gasteiger partial charge on any atom is -0.489 e. The van der Waals surface area contributed by atoms with E-state index >= 15 is 0 Å². The van der Waals surface area contributed by atoms with E-state index in [1.165, 1.54) is 0 Å². The lowest BCUT2D eigenvalue weighted by molar-refractivity contribution is 0.306. The average Bonchev–Trinajstić information content (AvgIpc) is 2.67. The smallest absolute Gasteiger partial charge is 0.119 e. The molecule has 0 aromatic heterocycles. The molecular formula is C20H15Cl3N2O. The highest BCUT2D eigenvalue weighted by atomic mass is 35.5. The Kier molecular flexibility index (Phi) is 6.40. The number of hydrazone groups is 1. The number of benzene rings is 3. The number of anilines is 1. The van der Waals surface area contributed by atoms with Crippen LogP contribution in [0.1, 0.15) is 11.1 Å². The molecule has 3 rings (SSSR count). The van der Waals surface area contributed by atoms with E-state index in [4.69, 9.17) is 39.5 Å². The maximum Gasteiger partial charge on any atom is 0.119 e. The number of rotatable bonds is 6. The van der Waals surface area contributed by atoms with E-state index in [1.807, 2.05) is 54.6 Å². The summed E-state index contributed by atoms with van der Waals surface area (Å²) in [6.07, 6.45) is 1.74. The van der Waals surface area contributed by atoms with Crippen LogP contribution in [-0.4, -0.2) is 6.21 Å². The van der Waals surface area contributed by atoms with E-state index in [0.29, 0.717) is 26.4 Å². The van der Waals surface area contributed by atoms with Crippen LogP contribution in [-0.2, 0) is 6.61 Å². The number of hydrogen-bond acceptors (Lipinski definition) is 3. The van der Waals surface area contributed by atoms with Gasteiger partial charge in [0.05, 0.1) is 21.9 Å². The van der Waals surface area contributed by atoms with Crippen molar-refractivity contribution in [2.24, 2.45) is 5.10 Å². The van der Waals surface area contributed by atoms with Crippen LogP contribution in [0.25, 0.3) is 0 Å². The van der Waals surface area contributed by atoms with Crippen molar-refractivity contribution in [3.63, 3.8) is 0 Å². The fourth-order valence-corrected chi connectivity index (χ4v) is 2.86. The van der Waals surface area contributed by atoms with Crippen LogP contribution in [0, 0.1) is 0 Å². The Morgan fingerprint density at radius 2 is 1.54 bits per heavy atom. The molecule has 0 aliphatic carbocycles. The molecule has 0 amide bonds. The Hall–Kier alpha value is -2.20. The SMILES string of the molecule is Clc1ccc(Cl)c(COc2ccc(/C=N/Nc3ccccc3)cc2)c1Cl. The van der Waals surface area contributed by atoms with E-state index in [0.717, 1.165) is 11.3 Å². The fourth-order valence-electron chi connectivity index (χ4n) is 2.20. The summed E-state index contributed by atoms with van der Waals surface area (Å²) in [6, 6.07) is 20.6. The monoisotopic (exact) mass is 404 g/mol. The number of nitrogens with one attached hydrogen (secondary N) is 1. The third kappa shape index (κ3) is 4.92. The lowest BCUT2D eigenvalue weighted by atomic mass is 10.2. The summed E-state index contributed by atoms with van der Waals surface area (Å²) in [6.45, 7) is 0.237. The van der Waals surface area contributed by atoms with E-state index < -0.39 is 0 Å². The summed E-state index contributed by atoms with van der Waals surface area (Å²) in [7, 11) is 0. The lowest BCUT2D eigenvalue weighted by Gasteiger charge is -2.10. The molecule has 1 N–H and O–H groups in total. The van der Waals surface area contributed by atoms with Gasteiger partial charge in [-0.25, -0.2) is 0 Å². The highest BCUT2D eigenvalue weighted by molar-refractivity contribution is 6.44. The molecule has 3 nitrogen and oxygen atoms in total. The molecule has 0 unspecified atom stereocenters. The molecule has 0 aliphatic heterocycles. The molecular weight excluding hydrogens is 391 g/mol. The van der Waals surface area contributed by atoms with Crippen LogP contribution >= 0.6 is 34.8 Å². The van der Waals surface area contributed by atoms with Gasteiger partial charge in [0.1, 0.15) is 12.4 Å². The second kappa shape index (κ2) is 8.95. The van der Waals surface area contributed by atoms with Crippen molar-refractivity contribution in [3.8, 4) is 5.75 Å². The van der Waals surface area contributed by atoms with Crippen molar-refractivity contribution < 1.29 is 4.74 Å². The maximum absolute atomic E-state index is 6.18. The quantitative estimate of drug-likeness (QED) is 0.282. The molecule has 0 saturated heterocycles. The first-order chi connectivity index (χ1) is 12.6. The van der Waals surface area contributed by atoms with Gasteiger partial charge in [0.15, 0.2) is 0 Å². The summed E-state index contributed by atoms with van der Waals surface area (Å²) in [5.74, 6) is 0.699. The summed E-state index contributed by atoms with van der Waals surface area (Å²) >= 11 is 18.3. The van der Waals surface area contributed by atoms with Gasteiger partial charge in [0, 0.05) is 10.6 Å². The predicted octanol–water partition coefficient (Wildman–Crippen LogP) is 6.67. The van der Waals surface area contributed by atoms with E-state index in [2.05, 4.69) is 10.5 Å². The first-order valence-corrected chi connectivity index (χ1v) is 8.96. The van der Waals surface area contributed by atoms with Gasteiger partial charge in [-0.05, 0) is 54.1 Å². The van der Waals surface area contributed by atoms with Crippen LogP contribution < -0.4 is 10.2 Å². The van der Waals surface area contributed by atoms with Gasteiger partial charge in [-0.3, -0.25) is 5.43 Å². The van der Waals surface area contributed by atoms with Crippen molar-refractivity contribution in [1.82, 2.24) is 0 Å². The zero-order chi connectivity index (χ0) is 18.4. The molecule has 132 valence electrons. The summed E-state index contributed by atoms with van der Waals surface area (Å²) in [4.78, 5) is 0. The number of nitrogens with zero attached hydrogens (tertiary/aromatic N) is 1. The molecule has 3 aromatic carbocycles. The molecule has 0 atom stereocenters. The summed E-state index contributed by atoms with van der Waals surface area (Å²) < 4.78 is 5.75. The topological polar surface area (TPSA) is 33.6 Å². The Labute approximate surface area is 167 Å². The largest absolute Gasteiger partial charge is 0.489 e. The van der Waals surface area contributed by atoms with Crippen LogP contribution in [0.2, 0.25) is 15.1 Å². The second-order valence-corrected chi connectivity index (χ2v) is 6.61. The minimum atomic E-state index is 0.237. The van der Waals surface area contributed by atoms with E-state index in [9.17, 15) is 0 Å². The van der Waals surface area contributed by atoms with Crippen molar-refractivity contribution in [1.29, 1.82) is 0 Å². The highest BCUT2D eigenvalue weighted by Gasteiger charge is 2.10. The fraction of sp³-hybridized carbons (Fsp3) is 0.0500. The molecule has 0 bridgehead atoms. The molecule has 6 heteroatoms. The van der Waals surface area contributed by atoms with E-state index in [1.54, 1.807) is 18.3 Å². The number of para-hydroxylation sites is 1. The van der Waals surface area contributed by atoms with Gasteiger partial charge >= 0.3 is 0 Å². The number of hydrogen-bond donors (Lipinski definition) is 1. The van der Waals surface area contributed by atoms with Crippen molar-refractivity contribution >= 4 is 46.7 Å². The van der Waals surface area contributed by atoms with Crippen LogP contribution in [0.4, 0.5) is 5.69 Å². The second-order valence-electron chi connectivity index (χ2n) is 5.42. The number of ether oxygens (including phenoxy) is 1. The Morgan fingerprint density at radius 1 is 0.846 bits per heavy atom. The Bertz CT molecular complexity index is 897. The lowest BCUT2D eigenvalue weighted by Crippen LogP contribution is -1.98. The van der Waals surface area contributed by atoms with E-state index in [-0.39, 0.29) is 6.61 Å². The standard InChI is InChI=1S/C20H15Cl3N2O/c21-18-10-11-19(22)20(23)17(18)13-26-16-8-6-14(7-9-16)12-24-25-15-4-2-1-3-5-15/h1-12,25H,13H2/b24-12+. The van der Waals surface area contributed by atoms with Gasteiger partial charge < -0.3 is 4.74 Å². The zero-order valence-corrected chi connectivity index (χ0v) is 15.9. The highest BCUT2D eigenvalue weighted by Crippen LogP contribution is 2.32.